The Labute approximate surface area is 123 Å². The lowest BCUT2D eigenvalue weighted by Crippen LogP contribution is -2.11. The molecule has 2 rings (SSSR count). The fourth-order valence-corrected chi connectivity index (χ4v) is 2.51. The maximum atomic E-state index is 11.8. The first-order chi connectivity index (χ1) is 9.69. The van der Waals surface area contributed by atoms with Crippen LogP contribution >= 0.6 is 23.1 Å². The molecule has 0 aromatic carbocycles. The topological polar surface area (TPSA) is 81.2 Å². The van der Waals surface area contributed by atoms with Gasteiger partial charge in [0.05, 0.1) is 17.7 Å². The number of rotatable bonds is 5. The van der Waals surface area contributed by atoms with E-state index in [1.54, 1.807) is 24.3 Å². The molecule has 20 heavy (non-hydrogen) atoms. The maximum absolute atomic E-state index is 11.8. The zero-order valence-electron chi connectivity index (χ0n) is 10.5. The summed E-state index contributed by atoms with van der Waals surface area (Å²) in [5.41, 5.74) is 0. The first kappa shape index (κ1) is 14.5. The van der Waals surface area contributed by atoms with Crippen molar-refractivity contribution in [2.24, 2.45) is 0 Å². The second-order valence-electron chi connectivity index (χ2n) is 3.55. The van der Waals surface area contributed by atoms with Crippen LogP contribution in [0.1, 0.15) is 9.67 Å². The van der Waals surface area contributed by atoms with Gasteiger partial charge < -0.3 is 10.1 Å². The van der Waals surface area contributed by atoms with Gasteiger partial charge in [0, 0.05) is 0 Å². The molecule has 0 radical (unpaired) electrons. The molecule has 0 aliphatic heterocycles. The number of thioether (sulfide) groups is 1. The highest BCUT2D eigenvalue weighted by Gasteiger charge is 2.08. The molecule has 0 unspecified atom stereocenters. The Bertz CT molecular complexity index is 585. The molecule has 1 amide bonds. The van der Waals surface area contributed by atoms with E-state index < -0.39 is 0 Å². The van der Waals surface area contributed by atoms with Crippen LogP contribution in [0.25, 0.3) is 0 Å². The van der Waals surface area contributed by atoms with Gasteiger partial charge in [-0.15, -0.1) is 21.5 Å². The molecule has 2 aromatic heterocycles. The highest BCUT2D eigenvalue weighted by atomic mass is 32.2. The summed E-state index contributed by atoms with van der Waals surface area (Å²) in [6.45, 7) is 0. The zero-order chi connectivity index (χ0) is 14.4. The van der Waals surface area contributed by atoms with E-state index in [4.69, 9.17) is 0 Å². The average Bonchev–Trinajstić information content (AvgIpc) is 3.00. The molecular formula is C12H11N3O3S2. The summed E-state index contributed by atoms with van der Waals surface area (Å²) in [6, 6.07) is 6.86. The molecule has 0 saturated carbocycles. The number of ether oxygens (including phenoxy) is 1. The molecule has 0 saturated heterocycles. The minimum absolute atomic E-state index is 0.173. The van der Waals surface area contributed by atoms with Gasteiger partial charge in [-0.2, -0.15) is 0 Å². The summed E-state index contributed by atoms with van der Waals surface area (Å²) in [5.74, 6) is -0.00604. The lowest BCUT2D eigenvalue weighted by molar-refractivity contribution is -0.137. The molecule has 8 heteroatoms. The fourth-order valence-electron chi connectivity index (χ4n) is 1.24. The van der Waals surface area contributed by atoms with Crippen LogP contribution in [0.3, 0.4) is 0 Å². The normalized spacial score (nSPS) is 10.1. The van der Waals surface area contributed by atoms with Gasteiger partial charge in [-0.1, -0.05) is 17.8 Å². The van der Waals surface area contributed by atoms with Gasteiger partial charge in [-0.05, 0) is 23.6 Å². The van der Waals surface area contributed by atoms with Crippen LogP contribution in [0.2, 0.25) is 0 Å². The molecule has 0 spiro atoms. The van der Waals surface area contributed by atoms with Crippen LogP contribution in [0.5, 0.6) is 0 Å². The highest BCUT2D eigenvalue weighted by molar-refractivity contribution is 7.99. The Morgan fingerprint density at radius 3 is 2.80 bits per heavy atom. The molecular weight excluding hydrogens is 298 g/mol. The Morgan fingerprint density at radius 2 is 2.20 bits per heavy atom. The van der Waals surface area contributed by atoms with Crippen LogP contribution in [0, 0.1) is 0 Å². The van der Waals surface area contributed by atoms with Gasteiger partial charge >= 0.3 is 5.97 Å². The highest BCUT2D eigenvalue weighted by Crippen LogP contribution is 2.16. The number of methoxy groups -OCH3 is 1. The van der Waals surface area contributed by atoms with E-state index in [1.165, 1.54) is 30.2 Å². The number of nitrogens with zero attached hydrogens (tertiary/aromatic N) is 2. The summed E-state index contributed by atoms with van der Waals surface area (Å²) < 4.78 is 4.53. The van der Waals surface area contributed by atoms with Gasteiger partial charge in [0.25, 0.3) is 5.91 Å². The number of nitrogens with one attached hydrogen (secondary N) is 1. The number of hydrogen-bond donors (Lipinski definition) is 1. The van der Waals surface area contributed by atoms with Gasteiger partial charge in [0.2, 0.25) is 0 Å². The third kappa shape index (κ3) is 4.04. The van der Waals surface area contributed by atoms with E-state index in [0.29, 0.717) is 15.7 Å². The molecule has 0 bridgehead atoms. The number of hydrogen-bond acceptors (Lipinski definition) is 7. The first-order valence-electron chi connectivity index (χ1n) is 5.57. The Hall–Kier alpha value is -1.93. The minimum Gasteiger partial charge on any atom is -0.468 e. The summed E-state index contributed by atoms with van der Waals surface area (Å²) in [6.07, 6.45) is 0. The smallest absolute Gasteiger partial charge is 0.316 e. The molecule has 2 aromatic rings. The molecule has 1 N–H and O–H groups in total. The van der Waals surface area contributed by atoms with Crippen molar-refractivity contribution in [3.05, 3.63) is 34.5 Å². The van der Waals surface area contributed by atoms with Crippen molar-refractivity contribution < 1.29 is 14.3 Å². The summed E-state index contributed by atoms with van der Waals surface area (Å²) >= 11 is 2.57. The number of esters is 1. The Morgan fingerprint density at radius 1 is 1.35 bits per heavy atom. The Balaban J connectivity index is 1.91. The first-order valence-corrected chi connectivity index (χ1v) is 7.44. The van der Waals surface area contributed by atoms with Crippen molar-refractivity contribution in [3.8, 4) is 0 Å². The predicted molar refractivity (Wildman–Crippen MR) is 77.0 cm³/mol. The van der Waals surface area contributed by atoms with Gasteiger partial charge in [0.15, 0.2) is 5.82 Å². The monoisotopic (exact) mass is 309 g/mol. The summed E-state index contributed by atoms with van der Waals surface area (Å²) in [5, 5.41) is 12.9. The molecule has 104 valence electrons. The number of aromatic nitrogens is 2. The van der Waals surface area contributed by atoms with Gasteiger partial charge in [-0.25, -0.2) is 0 Å². The predicted octanol–water partition coefficient (Wildman–Crippen LogP) is 2.06. The maximum Gasteiger partial charge on any atom is 0.316 e. The van der Waals surface area contributed by atoms with E-state index in [-0.39, 0.29) is 17.6 Å². The minimum atomic E-state index is -0.327. The molecule has 0 fully saturated rings. The van der Waals surface area contributed by atoms with Crippen molar-refractivity contribution in [1.82, 2.24) is 10.2 Å². The third-order valence-electron chi connectivity index (χ3n) is 2.19. The molecule has 0 aliphatic rings. The lowest BCUT2D eigenvalue weighted by atomic mass is 10.4. The molecule has 0 aliphatic carbocycles. The van der Waals surface area contributed by atoms with Crippen LogP contribution < -0.4 is 5.32 Å². The Kier molecular flexibility index (Phi) is 5.08. The summed E-state index contributed by atoms with van der Waals surface area (Å²) in [7, 11) is 1.33. The molecule has 2 heterocycles. The number of anilines is 1. The average molecular weight is 309 g/mol. The van der Waals surface area contributed by atoms with E-state index in [1.807, 2.05) is 5.38 Å². The van der Waals surface area contributed by atoms with Gasteiger partial charge in [-0.3, -0.25) is 9.59 Å². The quantitative estimate of drug-likeness (QED) is 0.672. The molecule has 0 atom stereocenters. The van der Waals surface area contributed by atoms with E-state index in [2.05, 4.69) is 20.3 Å². The standard InChI is InChI=1S/C12H11N3O3S2/c1-18-11(16)7-20-10-5-4-9(14-15-10)13-12(17)8-3-2-6-19-8/h2-6H,7H2,1H3,(H,13,14,17). The van der Waals surface area contributed by atoms with E-state index >= 15 is 0 Å². The molecule has 6 nitrogen and oxygen atoms in total. The third-order valence-corrected chi connectivity index (χ3v) is 3.95. The van der Waals surface area contributed by atoms with Crippen LogP contribution in [0.15, 0.2) is 34.7 Å². The largest absolute Gasteiger partial charge is 0.468 e. The number of amides is 1. The van der Waals surface area contributed by atoms with Crippen molar-refractivity contribution in [2.75, 3.05) is 18.2 Å². The van der Waals surface area contributed by atoms with Gasteiger partial charge in [0.1, 0.15) is 5.03 Å². The van der Waals surface area contributed by atoms with Crippen molar-refractivity contribution in [3.63, 3.8) is 0 Å². The fraction of sp³-hybridized carbons (Fsp3) is 0.167. The number of thiophene rings is 1. The van der Waals surface area contributed by atoms with E-state index in [9.17, 15) is 9.59 Å². The van der Waals surface area contributed by atoms with E-state index in [0.717, 1.165) is 0 Å². The van der Waals surface area contributed by atoms with Crippen molar-refractivity contribution in [2.45, 2.75) is 5.03 Å². The number of carbonyl (C=O) groups is 2. The second-order valence-corrected chi connectivity index (χ2v) is 5.50. The van der Waals surface area contributed by atoms with Crippen molar-refractivity contribution >= 4 is 40.8 Å². The van der Waals surface area contributed by atoms with Crippen LogP contribution in [0.4, 0.5) is 5.82 Å². The zero-order valence-corrected chi connectivity index (χ0v) is 12.2. The second kappa shape index (κ2) is 7.01. The van der Waals surface area contributed by atoms with Crippen LogP contribution in [-0.4, -0.2) is 34.9 Å². The van der Waals surface area contributed by atoms with Crippen LogP contribution in [-0.2, 0) is 9.53 Å². The SMILES string of the molecule is COC(=O)CSc1ccc(NC(=O)c2cccs2)nn1. The number of carbonyl (C=O) groups excluding carboxylic acids is 2. The summed E-state index contributed by atoms with van der Waals surface area (Å²) in [4.78, 5) is 23.4. The lowest BCUT2D eigenvalue weighted by Gasteiger charge is -2.03. The van der Waals surface area contributed by atoms with Crippen molar-refractivity contribution in [1.29, 1.82) is 0 Å².